The number of hydrogen-bond donors (Lipinski definition) is 0. The number of likely N-dealkylation sites (tertiary alicyclic amines) is 1. The Hall–Kier alpha value is -1.44. The van der Waals surface area contributed by atoms with Gasteiger partial charge in [-0.25, -0.2) is 8.42 Å². The van der Waals surface area contributed by atoms with Crippen molar-refractivity contribution in [2.45, 2.75) is 51.7 Å². The average molecular weight is 422 g/mol. The molecule has 162 valence electrons. The van der Waals surface area contributed by atoms with E-state index >= 15 is 0 Å². The summed E-state index contributed by atoms with van der Waals surface area (Å²) in [6.45, 7) is 10.1. The van der Waals surface area contributed by atoms with Crippen LogP contribution < -0.4 is 0 Å². The van der Waals surface area contributed by atoms with Crippen LogP contribution in [0.2, 0.25) is 0 Å². The monoisotopic (exact) mass is 421 g/mol. The summed E-state index contributed by atoms with van der Waals surface area (Å²) < 4.78 is 23.7. The quantitative estimate of drug-likeness (QED) is 0.644. The van der Waals surface area contributed by atoms with E-state index in [9.17, 15) is 13.2 Å². The van der Waals surface area contributed by atoms with Crippen LogP contribution in [0.1, 0.15) is 45.2 Å². The van der Waals surface area contributed by atoms with E-state index in [2.05, 4.69) is 47.9 Å². The summed E-state index contributed by atoms with van der Waals surface area (Å²) in [6.07, 6.45) is 1.63. The molecule has 6 nitrogen and oxygen atoms in total. The van der Waals surface area contributed by atoms with Crippen molar-refractivity contribution in [2.75, 3.05) is 44.2 Å². The molecule has 2 fully saturated rings. The zero-order valence-corrected chi connectivity index (χ0v) is 18.8. The highest BCUT2D eigenvalue weighted by molar-refractivity contribution is 7.91. The zero-order valence-electron chi connectivity index (χ0n) is 18.0. The molecule has 0 N–H and O–H groups in total. The molecule has 1 aromatic carbocycles. The average Bonchev–Trinajstić information content (AvgIpc) is 3.33. The number of hydrogen-bond acceptors (Lipinski definition) is 5. The van der Waals surface area contributed by atoms with Crippen LogP contribution in [0.5, 0.6) is 0 Å². The van der Waals surface area contributed by atoms with Crippen molar-refractivity contribution < 1.29 is 13.2 Å². The second kappa shape index (κ2) is 9.58. The van der Waals surface area contributed by atoms with Crippen molar-refractivity contribution in [2.24, 2.45) is 0 Å². The number of amides is 1. The number of carbonyl (C=O) groups is 1. The van der Waals surface area contributed by atoms with Crippen molar-refractivity contribution in [3.05, 3.63) is 35.9 Å². The molecule has 29 heavy (non-hydrogen) atoms. The van der Waals surface area contributed by atoms with Crippen LogP contribution in [-0.2, 0) is 14.6 Å². The van der Waals surface area contributed by atoms with Gasteiger partial charge in [-0.1, -0.05) is 37.3 Å². The van der Waals surface area contributed by atoms with Gasteiger partial charge in [0.1, 0.15) is 0 Å². The van der Waals surface area contributed by atoms with Gasteiger partial charge in [-0.05, 0) is 38.8 Å². The summed E-state index contributed by atoms with van der Waals surface area (Å²) in [5.41, 5.74) is 1.33. The number of carbonyl (C=O) groups excluding carboxylic acids is 1. The maximum atomic E-state index is 13.0. The van der Waals surface area contributed by atoms with Crippen LogP contribution in [0.25, 0.3) is 0 Å². The first-order chi connectivity index (χ1) is 13.8. The fourth-order valence-corrected chi connectivity index (χ4v) is 6.51. The molecule has 3 rings (SSSR count). The second-order valence-electron chi connectivity index (χ2n) is 8.32. The summed E-state index contributed by atoms with van der Waals surface area (Å²) in [7, 11) is -2.99. The summed E-state index contributed by atoms with van der Waals surface area (Å²) in [5.74, 6) is 0.379. The smallest absolute Gasteiger partial charge is 0.237 e. The van der Waals surface area contributed by atoms with E-state index in [0.29, 0.717) is 31.6 Å². The van der Waals surface area contributed by atoms with E-state index in [4.69, 9.17) is 0 Å². The predicted octanol–water partition coefficient (Wildman–Crippen LogP) is 2.18. The number of nitrogens with zero attached hydrogens (tertiary/aromatic N) is 3. The molecule has 0 aliphatic carbocycles. The number of sulfone groups is 1. The molecule has 0 saturated carbocycles. The third kappa shape index (κ3) is 5.38. The zero-order chi connectivity index (χ0) is 21.0. The topological polar surface area (TPSA) is 60.9 Å². The molecule has 3 atom stereocenters. The Morgan fingerprint density at radius 3 is 2.45 bits per heavy atom. The maximum Gasteiger partial charge on any atom is 0.237 e. The van der Waals surface area contributed by atoms with Gasteiger partial charge < -0.3 is 4.90 Å². The first-order valence-electron chi connectivity index (χ1n) is 10.9. The normalized spacial score (nSPS) is 25.4. The highest BCUT2D eigenvalue weighted by atomic mass is 32.2. The molecular weight excluding hydrogens is 386 g/mol. The summed E-state index contributed by atoms with van der Waals surface area (Å²) in [5, 5.41) is 0. The molecule has 2 aliphatic heterocycles. The molecule has 0 aromatic heterocycles. The highest BCUT2D eigenvalue weighted by Gasteiger charge is 2.36. The van der Waals surface area contributed by atoms with Crippen LogP contribution in [0.4, 0.5) is 0 Å². The minimum atomic E-state index is -2.99. The fraction of sp³-hybridized carbons (Fsp3) is 0.682. The lowest BCUT2D eigenvalue weighted by atomic mass is 10.1. The van der Waals surface area contributed by atoms with Gasteiger partial charge in [0.05, 0.1) is 18.1 Å². The Labute approximate surface area is 175 Å². The van der Waals surface area contributed by atoms with Crippen molar-refractivity contribution in [1.29, 1.82) is 0 Å². The first-order valence-corrected chi connectivity index (χ1v) is 12.7. The minimum Gasteiger partial charge on any atom is -0.338 e. The van der Waals surface area contributed by atoms with Gasteiger partial charge in [-0.2, -0.15) is 0 Å². The molecule has 2 heterocycles. The Morgan fingerprint density at radius 1 is 1.14 bits per heavy atom. The van der Waals surface area contributed by atoms with Crippen molar-refractivity contribution >= 4 is 15.7 Å². The van der Waals surface area contributed by atoms with E-state index in [1.165, 1.54) is 5.56 Å². The molecule has 0 radical (unpaired) electrons. The molecule has 1 aromatic rings. The first kappa shape index (κ1) is 22.2. The van der Waals surface area contributed by atoms with Gasteiger partial charge in [0.25, 0.3) is 0 Å². The van der Waals surface area contributed by atoms with Gasteiger partial charge >= 0.3 is 0 Å². The summed E-state index contributed by atoms with van der Waals surface area (Å²) in [4.78, 5) is 19.6. The Morgan fingerprint density at radius 2 is 1.86 bits per heavy atom. The summed E-state index contributed by atoms with van der Waals surface area (Å²) >= 11 is 0. The molecule has 7 heteroatoms. The number of likely N-dealkylation sites (N-methyl/N-ethyl adjacent to an activating group) is 2. The molecular formula is C22H35N3O3S. The van der Waals surface area contributed by atoms with Gasteiger partial charge in [0.2, 0.25) is 5.91 Å². The lowest BCUT2D eigenvalue weighted by Gasteiger charge is -2.33. The second-order valence-corrected chi connectivity index (χ2v) is 10.6. The van der Waals surface area contributed by atoms with Crippen LogP contribution in [0, 0.1) is 0 Å². The van der Waals surface area contributed by atoms with Crippen molar-refractivity contribution in [3.63, 3.8) is 0 Å². The third-order valence-corrected chi connectivity index (χ3v) is 8.35. The SMILES string of the molecule is CCN(CC(=O)N(CC)C1CCS(=O)(=O)C1)C1CCN(C(C)c2ccccc2)C1. The van der Waals surface area contributed by atoms with Gasteiger partial charge in [-0.3, -0.25) is 14.6 Å². The maximum absolute atomic E-state index is 13.0. The molecule has 0 spiro atoms. The standard InChI is InChI=1S/C22H35N3O3S/c1-4-23(16-22(26)25(5-2)21-12-14-29(27,28)17-21)20-11-13-24(15-20)18(3)19-9-7-6-8-10-19/h6-10,18,20-21H,4-5,11-17H2,1-3H3. The third-order valence-electron chi connectivity index (χ3n) is 6.60. The van der Waals surface area contributed by atoms with Crippen LogP contribution in [0.3, 0.4) is 0 Å². The fourth-order valence-electron chi connectivity index (χ4n) is 4.78. The van der Waals surface area contributed by atoms with Crippen LogP contribution >= 0.6 is 0 Å². The Kier molecular flexibility index (Phi) is 7.35. The lowest BCUT2D eigenvalue weighted by Crippen LogP contribution is -2.49. The van der Waals surface area contributed by atoms with Gasteiger partial charge in [0.15, 0.2) is 9.84 Å². The highest BCUT2D eigenvalue weighted by Crippen LogP contribution is 2.27. The van der Waals surface area contributed by atoms with E-state index in [1.807, 2.05) is 13.0 Å². The van der Waals surface area contributed by atoms with E-state index in [1.54, 1.807) is 4.90 Å². The van der Waals surface area contributed by atoms with Crippen molar-refractivity contribution in [3.8, 4) is 0 Å². The van der Waals surface area contributed by atoms with Crippen LogP contribution in [0.15, 0.2) is 30.3 Å². The van der Waals surface area contributed by atoms with Gasteiger partial charge in [-0.15, -0.1) is 0 Å². The van der Waals surface area contributed by atoms with Crippen LogP contribution in [-0.4, -0.2) is 85.3 Å². The predicted molar refractivity (Wildman–Crippen MR) is 117 cm³/mol. The molecule has 2 saturated heterocycles. The summed E-state index contributed by atoms with van der Waals surface area (Å²) in [6, 6.07) is 11.1. The Balaban J connectivity index is 1.59. The van der Waals surface area contributed by atoms with E-state index in [-0.39, 0.29) is 23.5 Å². The largest absolute Gasteiger partial charge is 0.338 e. The van der Waals surface area contributed by atoms with Gasteiger partial charge in [0, 0.05) is 37.8 Å². The van der Waals surface area contributed by atoms with E-state index < -0.39 is 9.84 Å². The molecule has 1 amide bonds. The molecule has 2 aliphatic rings. The number of rotatable bonds is 8. The molecule has 3 unspecified atom stereocenters. The lowest BCUT2D eigenvalue weighted by molar-refractivity contribution is -0.134. The number of benzene rings is 1. The Bertz CT molecular complexity index is 784. The minimum absolute atomic E-state index is 0.0611. The molecule has 0 bridgehead atoms. The van der Waals surface area contributed by atoms with E-state index in [0.717, 1.165) is 26.1 Å². The van der Waals surface area contributed by atoms with Crippen molar-refractivity contribution in [1.82, 2.24) is 14.7 Å².